The maximum atomic E-state index is 12.7. The van der Waals surface area contributed by atoms with Crippen molar-refractivity contribution in [2.45, 2.75) is 39.0 Å². The molecule has 0 unspecified atom stereocenters. The number of amides is 1. The van der Waals surface area contributed by atoms with Gasteiger partial charge in [-0.3, -0.25) is 14.4 Å². The molecule has 1 fully saturated rings. The van der Waals surface area contributed by atoms with E-state index in [4.69, 9.17) is 0 Å². The van der Waals surface area contributed by atoms with Crippen LogP contribution in [0.1, 0.15) is 47.4 Å². The Hall–Kier alpha value is -3.22. The van der Waals surface area contributed by atoms with Crippen LogP contribution in [-0.2, 0) is 11.2 Å². The van der Waals surface area contributed by atoms with Crippen LogP contribution in [0.25, 0.3) is 5.52 Å². The number of nitrogens with zero attached hydrogens (tertiary/aromatic N) is 3. The van der Waals surface area contributed by atoms with Crippen LogP contribution >= 0.6 is 0 Å². The number of benzene rings is 1. The lowest BCUT2D eigenvalue weighted by Crippen LogP contribution is -2.40. The van der Waals surface area contributed by atoms with Gasteiger partial charge in [-0.05, 0) is 38.3 Å². The molecule has 0 radical (unpaired) electrons. The van der Waals surface area contributed by atoms with Gasteiger partial charge in [-0.2, -0.15) is 5.10 Å². The Kier molecular flexibility index (Phi) is 5.79. The predicted molar refractivity (Wildman–Crippen MR) is 114 cm³/mol. The lowest BCUT2D eigenvalue weighted by atomic mass is 9.88. The molecule has 3 heterocycles. The number of hydrogen-bond donors (Lipinski definition) is 1. The Morgan fingerprint density at radius 1 is 1.13 bits per heavy atom. The molecule has 30 heavy (non-hydrogen) atoms. The SMILES string of the molecule is Cc1ccc(C(=O)C2CCN(C(=O)CCCc3nn4cccc4c(=O)[nH]3)CC2)cc1. The Morgan fingerprint density at radius 3 is 2.60 bits per heavy atom. The number of H-pyrrole nitrogens is 1. The lowest BCUT2D eigenvalue weighted by molar-refractivity contribution is -0.132. The van der Waals surface area contributed by atoms with Gasteiger partial charge in [0, 0.05) is 43.6 Å². The topological polar surface area (TPSA) is 87.5 Å². The average Bonchev–Trinajstić information content (AvgIpc) is 3.23. The Morgan fingerprint density at radius 2 is 1.87 bits per heavy atom. The summed E-state index contributed by atoms with van der Waals surface area (Å²) in [6.45, 7) is 3.24. The molecule has 0 aliphatic carbocycles. The molecule has 0 saturated carbocycles. The van der Waals surface area contributed by atoms with E-state index >= 15 is 0 Å². The van der Waals surface area contributed by atoms with Crippen LogP contribution in [0.15, 0.2) is 47.4 Å². The normalized spacial score (nSPS) is 14.9. The minimum atomic E-state index is -0.170. The van der Waals surface area contributed by atoms with Crippen molar-refractivity contribution in [2.24, 2.45) is 5.92 Å². The van der Waals surface area contributed by atoms with Crippen molar-refractivity contribution in [3.8, 4) is 0 Å². The molecule has 7 heteroatoms. The zero-order valence-electron chi connectivity index (χ0n) is 17.1. The number of carbonyl (C=O) groups excluding carboxylic acids is 2. The van der Waals surface area contributed by atoms with Crippen LogP contribution in [-0.4, -0.2) is 44.3 Å². The molecule has 0 bridgehead atoms. The van der Waals surface area contributed by atoms with Gasteiger partial charge in [-0.1, -0.05) is 29.8 Å². The van der Waals surface area contributed by atoms with E-state index in [9.17, 15) is 14.4 Å². The molecule has 1 N–H and O–H groups in total. The van der Waals surface area contributed by atoms with Crippen molar-refractivity contribution in [3.05, 3.63) is 69.9 Å². The zero-order valence-corrected chi connectivity index (χ0v) is 17.1. The molecule has 156 valence electrons. The maximum absolute atomic E-state index is 12.7. The van der Waals surface area contributed by atoms with Crippen molar-refractivity contribution in [2.75, 3.05) is 13.1 Å². The van der Waals surface area contributed by atoms with E-state index in [1.54, 1.807) is 22.8 Å². The number of Topliss-reactive ketones (excluding diaryl/α,β-unsaturated/α-hetero) is 1. The van der Waals surface area contributed by atoms with Gasteiger partial charge in [-0.25, -0.2) is 4.52 Å². The first-order valence-electron chi connectivity index (χ1n) is 10.5. The summed E-state index contributed by atoms with van der Waals surface area (Å²) in [5, 5.41) is 4.37. The highest BCUT2D eigenvalue weighted by Crippen LogP contribution is 2.22. The van der Waals surface area contributed by atoms with E-state index in [1.807, 2.05) is 36.1 Å². The molecule has 1 aliphatic rings. The molecule has 1 saturated heterocycles. The maximum Gasteiger partial charge on any atom is 0.275 e. The monoisotopic (exact) mass is 406 g/mol. The zero-order chi connectivity index (χ0) is 21.1. The number of carbonyl (C=O) groups is 2. The molecular formula is C23H26N4O3. The fourth-order valence-electron chi connectivity index (χ4n) is 4.01. The van der Waals surface area contributed by atoms with Crippen molar-refractivity contribution >= 4 is 17.2 Å². The van der Waals surface area contributed by atoms with Crippen molar-refractivity contribution < 1.29 is 9.59 Å². The third-order valence-corrected chi connectivity index (χ3v) is 5.81. The summed E-state index contributed by atoms with van der Waals surface area (Å²) in [4.78, 5) is 41.8. The molecule has 2 aromatic heterocycles. The molecule has 0 atom stereocenters. The highest BCUT2D eigenvalue weighted by Gasteiger charge is 2.27. The third kappa shape index (κ3) is 4.35. The summed E-state index contributed by atoms with van der Waals surface area (Å²) < 4.78 is 1.56. The van der Waals surface area contributed by atoms with Gasteiger partial charge in [0.25, 0.3) is 5.56 Å². The molecule has 4 rings (SSSR count). The first kappa shape index (κ1) is 20.1. The van der Waals surface area contributed by atoms with Crippen molar-refractivity contribution in [1.82, 2.24) is 19.5 Å². The van der Waals surface area contributed by atoms with Gasteiger partial charge in [0.05, 0.1) is 0 Å². The second-order valence-corrected chi connectivity index (χ2v) is 7.98. The fourth-order valence-corrected chi connectivity index (χ4v) is 4.01. The molecule has 7 nitrogen and oxygen atoms in total. The highest BCUT2D eigenvalue weighted by molar-refractivity contribution is 5.98. The number of aromatic nitrogens is 3. The number of piperidine rings is 1. The smallest absolute Gasteiger partial charge is 0.275 e. The summed E-state index contributed by atoms with van der Waals surface area (Å²) in [6.07, 6.45) is 4.72. The van der Waals surface area contributed by atoms with E-state index in [0.717, 1.165) is 11.1 Å². The third-order valence-electron chi connectivity index (χ3n) is 5.81. The second kappa shape index (κ2) is 8.65. The van der Waals surface area contributed by atoms with E-state index in [1.165, 1.54) is 0 Å². The lowest BCUT2D eigenvalue weighted by Gasteiger charge is -2.31. The van der Waals surface area contributed by atoms with Gasteiger partial charge in [0.15, 0.2) is 5.78 Å². The van der Waals surface area contributed by atoms with Crippen LogP contribution in [0.2, 0.25) is 0 Å². The number of fused-ring (bicyclic) bond motifs is 1. The van der Waals surface area contributed by atoms with Crippen LogP contribution < -0.4 is 5.56 Å². The minimum absolute atomic E-state index is 0.0145. The molecular weight excluding hydrogens is 380 g/mol. The van der Waals surface area contributed by atoms with E-state index < -0.39 is 0 Å². The Bertz CT molecular complexity index is 1110. The van der Waals surface area contributed by atoms with Gasteiger partial charge in [0.2, 0.25) is 5.91 Å². The standard InChI is InChI=1S/C23H26N4O3/c1-16-7-9-17(10-8-16)22(29)18-11-14-26(15-12-18)21(28)6-2-5-20-24-23(30)19-4-3-13-27(19)25-20/h3-4,7-10,13,18H,2,5-6,11-12,14-15H2,1H3,(H,24,25,30). The van der Waals surface area contributed by atoms with Gasteiger partial charge >= 0.3 is 0 Å². The number of likely N-dealkylation sites (tertiary alicyclic amines) is 1. The number of ketones is 1. The largest absolute Gasteiger partial charge is 0.343 e. The van der Waals surface area contributed by atoms with Crippen LogP contribution in [0.3, 0.4) is 0 Å². The Balaban J connectivity index is 1.25. The van der Waals surface area contributed by atoms with Crippen molar-refractivity contribution in [3.63, 3.8) is 0 Å². The summed E-state index contributed by atoms with van der Waals surface area (Å²) in [5.74, 6) is 0.844. The van der Waals surface area contributed by atoms with E-state index in [2.05, 4.69) is 10.1 Å². The van der Waals surface area contributed by atoms with Crippen LogP contribution in [0.5, 0.6) is 0 Å². The summed E-state index contributed by atoms with van der Waals surface area (Å²) >= 11 is 0. The highest BCUT2D eigenvalue weighted by atomic mass is 16.2. The summed E-state index contributed by atoms with van der Waals surface area (Å²) in [6, 6.07) is 11.2. The summed E-state index contributed by atoms with van der Waals surface area (Å²) in [7, 11) is 0. The first-order valence-corrected chi connectivity index (χ1v) is 10.5. The molecule has 1 amide bonds. The quantitative estimate of drug-likeness (QED) is 0.638. The fraction of sp³-hybridized carbons (Fsp3) is 0.391. The average molecular weight is 406 g/mol. The van der Waals surface area contributed by atoms with Crippen molar-refractivity contribution in [1.29, 1.82) is 0 Å². The summed E-state index contributed by atoms with van der Waals surface area (Å²) in [5.41, 5.74) is 2.24. The number of nitrogens with one attached hydrogen (secondary N) is 1. The first-order chi connectivity index (χ1) is 14.5. The van der Waals surface area contributed by atoms with Gasteiger partial charge in [-0.15, -0.1) is 0 Å². The van der Waals surface area contributed by atoms with E-state index in [-0.39, 0.29) is 23.2 Å². The van der Waals surface area contributed by atoms with E-state index in [0.29, 0.717) is 56.5 Å². The van der Waals surface area contributed by atoms with Crippen LogP contribution in [0.4, 0.5) is 0 Å². The number of aryl methyl sites for hydroxylation is 2. The minimum Gasteiger partial charge on any atom is -0.343 e. The molecule has 1 aromatic carbocycles. The molecule has 0 spiro atoms. The van der Waals surface area contributed by atoms with Gasteiger partial charge < -0.3 is 9.88 Å². The number of hydrogen-bond acceptors (Lipinski definition) is 4. The molecule has 3 aromatic rings. The number of aromatic amines is 1. The number of rotatable bonds is 6. The second-order valence-electron chi connectivity index (χ2n) is 7.98. The molecule has 1 aliphatic heterocycles. The predicted octanol–water partition coefficient (Wildman–Crippen LogP) is 2.78. The Labute approximate surface area is 174 Å². The van der Waals surface area contributed by atoms with Gasteiger partial charge in [0.1, 0.15) is 11.3 Å². The van der Waals surface area contributed by atoms with Crippen LogP contribution in [0, 0.1) is 12.8 Å².